The second-order valence-electron chi connectivity index (χ2n) is 7.50. The third-order valence-corrected chi connectivity index (χ3v) is 5.64. The van der Waals surface area contributed by atoms with E-state index in [4.69, 9.17) is 4.74 Å². The molecule has 0 spiro atoms. The van der Waals surface area contributed by atoms with Crippen molar-refractivity contribution in [1.29, 1.82) is 0 Å². The first-order chi connectivity index (χ1) is 17.2. The molecule has 0 saturated heterocycles. The predicted octanol–water partition coefficient (Wildman–Crippen LogP) is 3.12. The van der Waals surface area contributed by atoms with Crippen LogP contribution in [0, 0.1) is 10.1 Å². The molecule has 2 heterocycles. The number of amides is 1. The Hall–Kier alpha value is -4.59. The largest absolute Gasteiger partial charge is 0.477 e. The Balaban J connectivity index is 1.50. The molecule has 14 heteroatoms. The topological polar surface area (TPSA) is 178 Å². The maximum absolute atomic E-state index is 12.0. The van der Waals surface area contributed by atoms with E-state index >= 15 is 0 Å². The van der Waals surface area contributed by atoms with Gasteiger partial charge in [-0.05, 0) is 23.8 Å². The van der Waals surface area contributed by atoms with Crippen molar-refractivity contribution >= 4 is 57.1 Å². The Morgan fingerprint density at radius 1 is 1.31 bits per heavy atom. The number of hydrogen-bond donors (Lipinski definition) is 3. The number of benzene rings is 2. The second-order valence-corrected chi connectivity index (χ2v) is 8.42. The van der Waals surface area contributed by atoms with Crippen molar-refractivity contribution in [2.24, 2.45) is 4.99 Å². The van der Waals surface area contributed by atoms with Crippen LogP contribution in [-0.2, 0) is 27.5 Å². The average Bonchev–Trinajstić information content (AvgIpc) is 3.34. The number of ether oxygens (including phenoxy) is 1. The van der Waals surface area contributed by atoms with Crippen LogP contribution in [0.3, 0.4) is 0 Å². The monoisotopic (exact) mass is 556 g/mol. The molecule has 1 unspecified atom stereocenters. The van der Waals surface area contributed by atoms with E-state index < -0.39 is 28.7 Å². The molecule has 3 aromatic rings. The molecule has 3 N–H and O–H groups in total. The standard InChI is InChI=1S/C22H17BrN6O7/c23-13-3-1-12(2-4-13)7-24-22(33)36-10-14-8-28(11-25-14)18-5-16-15(6-19(18)29(34)35)26-17(9-30)20(27-16)21(31)32/h1-6,8-9,11,17,26H,7,10H2,(H,24,33)(H,31,32). The summed E-state index contributed by atoms with van der Waals surface area (Å²) in [5.74, 6) is -1.40. The first kappa shape index (κ1) is 24.5. The number of aliphatic carboxylic acids is 1. The van der Waals surface area contributed by atoms with Crippen molar-refractivity contribution in [2.45, 2.75) is 19.2 Å². The minimum atomic E-state index is -1.40. The van der Waals surface area contributed by atoms with Crippen molar-refractivity contribution in [1.82, 2.24) is 14.9 Å². The summed E-state index contributed by atoms with van der Waals surface area (Å²) < 4.78 is 7.40. The number of nitrogens with one attached hydrogen (secondary N) is 2. The molecule has 2 aromatic carbocycles. The smallest absolute Gasteiger partial charge is 0.407 e. The molecule has 1 aliphatic rings. The summed E-state index contributed by atoms with van der Waals surface area (Å²) in [6.07, 6.45) is 2.41. The second kappa shape index (κ2) is 10.4. The highest BCUT2D eigenvalue weighted by molar-refractivity contribution is 9.10. The van der Waals surface area contributed by atoms with Crippen LogP contribution in [0.4, 0.5) is 21.9 Å². The molecule has 1 aromatic heterocycles. The highest BCUT2D eigenvalue weighted by Gasteiger charge is 2.30. The molecule has 1 amide bonds. The number of alkyl carbamates (subject to hydrolysis) is 1. The summed E-state index contributed by atoms with van der Waals surface area (Å²) in [5.41, 5.74) is 0.709. The van der Waals surface area contributed by atoms with Gasteiger partial charge in [0.15, 0.2) is 5.71 Å². The number of aldehydes is 1. The molecular formula is C22H17BrN6O7. The minimum absolute atomic E-state index is 0.0528. The van der Waals surface area contributed by atoms with Gasteiger partial charge in [-0.3, -0.25) is 14.7 Å². The number of carbonyl (C=O) groups excluding carboxylic acids is 2. The number of aliphatic imine (C=N–C) groups is 1. The number of fused-ring (bicyclic) bond motifs is 1. The van der Waals surface area contributed by atoms with E-state index in [1.807, 2.05) is 24.3 Å². The number of carboxylic acids is 1. The number of nitro groups is 1. The van der Waals surface area contributed by atoms with Crippen LogP contribution in [0.2, 0.25) is 0 Å². The maximum atomic E-state index is 12.0. The zero-order valence-electron chi connectivity index (χ0n) is 18.3. The Morgan fingerprint density at radius 3 is 2.72 bits per heavy atom. The first-order valence-corrected chi connectivity index (χ1v) is 11.1. The molecular weight excluding hydrogens is 540 g/mol. The molecule has 184 valence electrons. The van der Waals surface area contributed by atoms with Crippen LogP contribution < -0.4 is 10.6 Å². The van der Waals surface area contributed by atoms with Gasteiger partial charge in [0.05, 0.1) is 28.3 Å². The molecule has 0 aliphatic carbocycles. The SMILES string of the molecule is O=CC1Nc2cc([N+](=O)[O-])c(-n3cnc(COC(=O)NCc4ccc(Br)cc4)c3)cc2N=C1C(=O)O. The van der Waals surface area contributed by atoms with E-state index in [1.54, 1.807) is 0 Å². The summed E-state index contributed by atoms with van der Waals surface area (Å²) in [7, 11) is 0. The Bertz CT molecular complexity index is 1390. The lowest BCUT2D eigenvalue weighted by atomic mass is 10.1. The Kier molecular flexibility index (Phi) is 7.05. The molecule has 1 aliphatic heterocycles. The average molecular weight is 557 g/mol. The predicted molar refractivity (Wildman–Crippen MR) is 130 cm³/mol. The number of rotatable bonds is 8. The van der Waals surface area contributed by atoms with Gasteiger partial charge >= 0.3 is 12.1 Å². The van der Waals surface area contributed by atoms with E-state index in [0.717, 1.165) is 16.1 Å². The zero-order valence-corrected chi connectivity index (χ0v) is 19.8. The summed E-state index contributed by atoms with van der Waals surface area (Å²) in [4.78, 5) is 53.8. The van der Waals surface area contributed by atoms with Crippen molar-refractivity contribution < 1.29 is 29.2 Å². The molecule has 0 bridgehead atoms. The summed E-state index contributed by atoms with van der Waals surface area (Å²) in [5, 5.41) is 26.3. The van der Waals surface area contributed by atoms with Crippen molar-refractivity contribution in [3.05, 3.63) is 74.8 Å². The fourth-order valence-electron chi connectivity index (χ4n) is 3.38. The summed E-state index contributed by atoms with van der Waals surface area (Å²) in [6, 6.07) is 8.60. The molecule has 0 saturated carbocycles. The van der Waals surface area contributed by atoms with Gasteiger partial charge in [0.1, 0.15) is 24.6 Å². The van der Waals surface area contributed by atoms with Crippen LogP contribution >= 0.6 is 15.9 Å². The molecule has 1 atom stereocenters. The van der Waals surface area contributed by atoms with Gasteiger partial charge in [0.25, 0.3) is 5.69 Å². The van der Waals surface area contributed by atoms with Gasteiger partial charge in [-0.1, -0.05) is 28.1 Å². The number of anilines is 1. The normalized spacial score (nSPS) is 14.1. The van der Waals surface area contributed by atoms with E-state index in [2.05, 4.69) is 36.5 Å². The molecule has 4 rings (SSSR count). The Morgan fingerprint density at radius 2 is 2.06 bits per heavy atom. The maximum Gasteiger partial charge on any atom is 0.407 e. The molecule has 36 heavy (non-hydrogen) atoms. The van der Waals surface area contributed by atoms with Crippen LogP contribution in [0.25, 0.3) is 5.69 Å². The lowest BCUT2D eigenvalue weighted by Gasteiger charge is -2.21. The zero-order chi connectivity index (χ0) is 25.8. The number of nitrogens with zero attached hydrogens (tertiary/aromatic N) is 4. The van der Waals surface area contributed by atoms with Crippen LogP contribution in [0.5, 0.6) is 0 Å². The van der Waals surface area contributed by atoms with Gasteiger partial charge in [0, 0.05) is 23.3 Å². The lowest BCUT2D eigenvalue weighted by Crippen LogP contribution is -2.38. The first-order valence-electron chi connectivity index (χ1n) is 10.3. The van der Waals surface area contributed by atoms with Crippen molar-refractivity contribution in [3.8, 4) is 5.69 Å². The molecule has 13 nitrogen and oxygen atoms in total. The van der Waals surface area contributed by atoms with Crippen molar-refractivity contribution in [2.75, 3.05) is 5.32 Å². The van der Waals surface area contributed by atoms with Crippen molar-refractivity contribution in [3.63, 3.8) is 0 Å². The van der Waals surface area contributed by atoms with E-state index in [-0.39, 0.29) is 35.9 Å². The number of imidazole rings is 1. The number of carbonyl (C=O) groups is 3. The van der Waals surface area contributed by atoms with E-state index in [0.29, 0.717) is 12.0 Å². The van der Waals surface area contributed by atoms with Gasteiger partial charge in [-0.15, -0.1) is 0 Å². The van der Waals surface area contributed by atoms with Gasteiger partial charge < -0.3 is 25.3 Å². The molecule has 0 fully saturated rings. The van der Waals surface area contributed by atoms with Crippen LogP contribution in [0.1, 0.15) is 11.3 Å². The number of halogens is 1. The minimum Gasteiger partial charge on any atom is -0.477 e. The Labute approximate surface area is 211 Å². The fourth-order valence-corrected chi connectivity index (χ4v) is 3.64. The summed E-state index contributed by atoms with van der Waals surface area (Å²) in [6.45, 7) is 0.0709. The van der Waals surface area contributed by atoms with Crippen LogP contribution in [0.15, 0.2) is 58.4 Å². The van der Waals surface area contributed by atoms with Crippen LogP contribution in [-0.4, -0.2) is 49.7 Å². The number of carboxylic acid groups (broad SMARTS) is 1. The number of hydrogen-bond acceptors (Lipinski definition) is 9. The highest BCUT2D eigenvalue weighted by Crippen LogP contribution is 2.38. The lowest BCUT2D eigenvalue weighted by molar-refractivity contribution is -0.384. The van der Waals surface area contributed by atoms with E-state index in [1.165, 1.54) is 23.2 Å². The van der Waals surface area contributed by atoms with Gasteiger partial charge in [-0.25, -0.2) is 19.6 Å². The quantitative estimate of drug-likeness (QED) is 0.213. The third-order valence-electron chi connectivity index (χ3n) is 5.11. The summed E-state index contributed by atoms with van der Waals surface area (Å²) >= 11 is 3.34. The number of nitro benzene ring substituents is 1. The third kappa shape index (κ3) is 5.38. The van der Waals surface area contributed by atoms with Gasteiger partial charge in [0.2, 0.25) is 0 Å². The highest BCUT2D eigenvalue weighted by atomic mass is 79.9. The number of aromatic nitrogens is 2. The fraction of sp³-hybridized carbons (Fsp3) is 0.136. The molecule has 0 radical (unpaired) electrons. The van der Waals surface area contributed by atoms with Gasteiger partial charge in [-0.2, -0.15) is 0 Å². The van der Waals surface area contributed by atoms with E-state index in [9.17, 15) is 29.6 Å².